The minimum Gasteiger partial charge on any atom is -0.392 e. The van der Waals surface area contributed by atoms with E-state index in [1.807, 2.05) is 19.1 Å². The van der Waals surface area contributed by atoms with Gasteiger partial charge in [0.05, 0.1) is 22.6 Å². The zero-order valence-corrected chi connectivity index (χ0v) is 12.1. The van der Waals surface area contributed by atoms with E-state index < -0.39 is 5.41 Å². The van der Waals surface area contributed by atoms with Crippen LogP contribution < -0.4 is 11.1 Å². The molecule has 0 atom stereocenters. The van der Waals surface area contributed by atoms with Crippen LogP contribution in [-0.2, 0) is 11.3 Å². The van der Waals surface area contributed by atoms with Crippen LogP contribution in [0, 0.1) is 18.3 Å². The van der Waals surface area contributed by atoms with E-state index in [0.29, 0.717) is 17.5 Å². The number of amides is 1. The lowest BCUT2D eigenvalue weighted by atomic mass is 9.62. The van der Waals surface area contributed by atoms with Gasteiger partial charge in [-0.3, -0.25) is 9.78 Å². The molecule has 4 nitrogen and oxygen atoms in total. The lowest BCUT2D eigenvalue weighted by Crippen LogP contribution is -2.55. The average molecular weight is 277 g/mol. The zero-order valence-electron chi connectivity index (χ0n) is 11.3. The Balaban J connectivity index is 2.02. The molecule has 1 saturated carbocycles. The van der Waals surface area contributed by atoms with Crippen molar-refractivity contribution in [2.24, 2.45) is 17.1 Å². The van der Waals surface area contributed by atoms with E-state index in [0.717, 1.165) is 24.1 Å². The first-order chi connectivity index (χ1) is 8.95. The number of hydrogen-bond donors (Lipinski definition) is 2. The van der Waals surface area contributed by atoms with Crippen molar-refractivity contribution in [2.75, 3.05) is 0 Å². The Bertz CT molecular complexity index is 509. The molecule has 1 amide bonds. The predicted molar refractivity (Wildman–Crippen MR) is 78.4 cm³/mol. The van der Waals surface area contributed by atoms with Crippen LogP contribution in [0.1, 0.15) is 31.0 Å². The van der Waals surface area contributed by atoms with Crippen molar-refractivity contribution in [2.45, 2.75) is 33.2 Å². The minimum absolute atomic E-state index is 0.0665. The van der Waals surface area contributed by atoms with Gasteiger partial charge in [0, 0.05) is 6.20 Å². The standard InChI is InChI=1S/C14H19N3OS/c1-9-6-14(7-9,12(15)19)13(18)17-8-11-10(2)4-3-5-16-11/h3-5,9H,6-8H2,1-2H3,(H2,15,19)(H,17,18). The van der Waals surface area contributed by atoms with Crippen molar-refractivity contribution in [3.05, 3.63) is 29.6 Å². The fourth-order valence-corrected chi connectivity index (χ4v) is 2.92. The van der Waals surface area contributed by atoms with Crippen LogP contribution in [0.25, 0.3) is 0 Å². The van der Waals surface area contributed by atoms with E-state index in [-0.39, 0.29) is 5.91 Å². The summed E-state index contributed by atoms with van der Waals surface area (Å²) in [6.45, 7) is 4.50. The molecule has 0 radical (unpaired) electrons. The smallest absolute Gasteiger partial charge is 0.233 e. The highest BCUT2D eigenvalue weighted by molar-refractivity contribution is 7.80. The topological polar surface area (TPSA) is 68.0 Å². The maximum absolute atomic E-state index is 12.3. The molecule has 1 aliphatic rings. The number of rotatable bonds is 4. The largest absolute Gasteiger partial charge is 0.392 e. The van der Waals surface area contributed by atoms with Gasteiger partial charge < -0.3 is 11.1 Å². The molecule has 1 fully saturated rings. The van der Waals surface area contributed by atoms with E-state index in [2.05, 4.69) is 17.2 Å². The number of carbonyl (C=O) groups is 1. The highest BCUT2D eigenvalue weighted by atomic mass is 32.1. The number of aryl methyl sites for hydroxylation is 1. The number of nitrogens with zero attached hydrogens (tertiary/aromatic N) is 1. The van der Waals surface area contributed by atoms with Crippen LogP contribution in [0.4, 0.5) is 0 Å². The first-order valence-corrected chi connectivity index (χ1v) is 6.85. The Hall–Kier alpha value is -1.49. The van der Waals surface area contributed by atoms with Gasteiger partial charge in [-0.25, -0.2) is 0 Å². The van der Waals surface area contributed by atoms with E-state index in [1.54, 1.807) is 6.20 Å². The van der Waals surface area contributed by atoms with Crippen LogP contribution in [0.5, 0.6) is 0 Å². The third-order valence-electron chi connectivity index (χ3n) is 3.83. The molecule has 3 N–H and O–H groups in total. The zero-order chi connectivity index (χ0) is 14.0. The third-order valence-corrected chi connectivity index (χ3v) is 4.23. The fourth-order valence-electron chi connectivity index (χ4n) is 2.67. The predicted octanol–water partition coefficient (Wildman–Crippen LogP) is 1.71. The molecule has 0 spiro atoms. The van der Waals surface area contributed by atoms with Gasteiger partial charge in [-0.05, 0) is 37.3 Å². The van der Waals surface area contributed by atoms with Crippen LogP contribution >= 0.6 is 12.2 Å². The summed E-state index contributed by atoms with van der Waals surface area (Å²) >= 11 is 5.07. The second kappa shape index (κ2) is 5.25. The lowest BCUT2D eigenvalue weighted by molar-refractivity contribution is -0.133. The molecule has 5 heteroatoms. The number of aromatic nitrogens is 1. The summed E-state index contributed by atoms with van der Waals surface area (Å²) in [6.07, 6.45) is 3.22. The third kappa shape index (κ3) is 2.61. The fraction of sp³-hybridized carbons (Fsp3) is 0.500. The summed E-state index contributed by atoms with van der Waals surface area (Å²) in [7, 11) is 0. The molecule has 1 aromatic heterocycles. The summed E-state index contributed by atoms with van der Waals surface area (Å²) in [4.78, 5) is 16.9. The van der Waals surface area contributed by atoms with Gasteiger partial charge in [0.1, 0.15) is 0 Å². The van der Waals surface area contributed by atoms with Crippen LogP contribution in [0.3, 0.4) is 0 Å². The number of thiocarbonyl (C=S) groups is 1. The summed E-state index contributed by atoms with van der Waals surface area (Å²) in [5.74, 6) is 0.437. The molecule has 2 rings (SSSR count). The first kappa shape index (κ1) is 13.9. The Kier molecular flexibility index (Phi) is 3.85. The normalized spacial score (nSPS) is 25.5. The highest BCUT2D eigenvalue weighted by Gasteiger charge is 2.50. The number of nitrogens with one attached hydrogen (secondary N) is 1. The quantitative estimate of drug-likeness (QED) is 0.822. The molecule has 1 aromatic rings. The van der Waals surface area contributed by atoms with Crippen molar-refractivity contribution in [1.29, 1.82) is 0 Å². The molecule has 0 bridgehead atoms. The Morgan fingerprint density at radius 1 is 1.63 bits per heavy atom. The SMILES string of the molecule is Cc1cccnc1CNC(=O)C1(C(N)=S)CC(C)C1. The van der Waals surface area contributed by atoms with Gasteiger partial charge in [0.25, 0.3) is 0 Å². The lowest BCUT2D eigenvalue weighted by Gasteiger charge is -2.44. The Morgan fingerprint density at radius 3 is 2.84 bits per heavy atom. The van der Waals surface area contributed by atoms with E-state index in [4.69, 9.17) is 18.0 Å². The van der Waals surface area contributed by atoms with E-state index >= 15 is 0 Å². The number of pyridine rings is 1. The molecule has 19 heavy (non-hydrogen) atoms. The Labute approximate surface area is 118 Å². The molecule has 0 unspecified atom stereocenters. The van der Waals surface area contributed by atoms with Crippen molar-refractivity contribution in [3.63, 3.8) is 0 Å². The van der Waals surface area contributed by atoms with Crippen LogP contribution in [0.2, 0.25) is 0 Å². The maximum atomic E-state index is 12.3. The summed E-state index contributed by atoms with van der Waals surface area (Å²) in [5.41, 5.74) is 7.05. The van der Waals surface area contributed by atoms with E-state index in [1.165, 1.54) is 0 Å². The molecule has 0 aliphatic heterocycles. The van der Waals surface area contributed by atoms with Gasteiger partial charge >= 0.3 is 0 Å². The Morgan fingerprint density at radius 2 is 2.32 bits per heavy atom. The maximum Gasteiger partial charge on any atom is 0.233 e. The monoisotopic (exact) mass is 277 g/mol. The van der Waals surface area contributed by atoms with Gasteiger partial charge in [0.2, 0.25) is 5.91 Å². The molecular formula is C14H19N3OS. The first-order valence-electron chi connectivity index (χ1n) is 6.44. The number of nitrogens with two attached hydrogens (primary N) is 1. The van der Waals surface area contributed by atoms with Crippen LogP contribution in [-0.4, -0.2) is 15.9 Å². The second-order valence-corrected chi connectivity index (χ2v) is 5.85. The molecular weight excluding hydrogens is 258 g/mol. The molecule has 1 aliphatic carbocycles. The van der Waals surface area contributed by atoms with Crippen LogP contribution in [0.15, 0.2) is 18.3 Å². The summed E-state index contributed by atoms with van der Waals surface area (Å²) < 4.78 is 0. The molecule has 0 saturated heterocycles. The van der Waals surface area contributed by atoms with E-state index in [9.17, 15) is 4.79 Å². The van der Waals surface area contributed by atoms with Crippen molar-refractivity contribution in [3.8, 4) is 0 Å². The summed E-state index contributed by atoms with van der Waals surface area (Å²) in [6, 6.07) is 3.86. The minimum atomic E-state index is -0.641. The molecule has 1 heterocycles. The average Bonchev–Trinajstić information content (AvgIpc) is 2.33. The molecule has 0 aromatic carbocycles. The number of carbonyl (C=O) groups excluding carboxylic acids is 1. The van der Waals surface area contributed by atoms with Crippen molar-refractivity contribution in [1.82, 2.24) is 10.3 Å². The van der Waals surface area contributed by atoms with Gasteiger partial charge in [0.15, 0.2) is 0 Å². The summed E-state index contributed by atoms with van der Waals surface area (Å²) in [5, 5.41) is 2.92. The van der Waals surface area contributed by atoms with Gasteiger partial charge in [-0.2, -0.15) is 0 Å². The van der Waals surface area contributed by atoms with Crippen molar-refractivity contribution < 1.29 is 4.79 Å². The highest BCUT2D eigenvalue weighted by Crippen LogP contribution is 2.45. The molecule has 102 valence electrons. The van der Waals surface area contributed by atoms with Crippen molar-refractivity contribution >= 4 is 23.1 Å². The van der Waals surface area contributed by atoms with Gasteiger partial charge in [-0.15, -0.1) is 0 Å². The number of hydrogen-bond acceptors (Lipinski definition) is 3. The van der Waals surface area contributed by atoms with Gasteiger partial charge in [-0.1, -0.05) is 25.2 Å². The second-order valence-electron chi connectivity index (χ2n) is 5.41.